The Morgan fingerprint density at radius 3 is 2.73 bits per heavy atom. The van der Waals surface area contributed by atoms with Crippen LogP contribution in [0.5, 0.6) is 0 Å². The average Bonchev–Trinajstić information content (AvgIpc) is 2.89. The average molecular weight is 390 g/mol. The highest BCUT2D eigenvalue weighted by atomic mass is 35.5. The number of amides is 1. The number of hydrogen-bond donors (Lipinski definition) is 2. The number of ether oxygens (including phenoxy) is 2. The molecule has 2 N–H and O–H groups in total. The van der Waals surface area contributed by atoms with Crippen molar-refractivity contribution in [1.82, 2.24) is 5.32 Å². The molecule has 0 aromatic rings. The van der Waals surface area contributed by atoms with Crippen LogP contribution in [0.3, 0.4) is 0 Å². The molecule has 1 rings (SSSR count). The number of aliphatic hydroxyl groups is 1. The molecular formula is C19H32ClNO5. The summed E-state index contributed by atoms with van der Waals surface area (Å²) in [5, 5.41) is 12.8. The van der Waals surface area contributed by atoms with E-state index in [4.69, 9.17) is 16.3 Å². The second-order valence-electron chi connectivity index (χ2n) is 6.70. The van der Waals surface area contributed by atoms with E-state index in [1.807, 2.05) is 12.2 Å². The van der Waals surface area contributed by atoms with E-state index in [1.54, 1.807) is 0 Å². The maximum absolute atomic E-state index is 11.7. The second-order valence-corrected chi connectivity index (χ2v) is 7.26. The number of carbonyl (C=O) groups excluding carboxylic acids is 2. The Hall–Kier alpha value is -1.27. The van der Waals surface area contributed by atoms with Gasteiger partial charge in [-0.3, -0.25) is 4.79 Å². The lowest BCUT2D eigenvalue weighted by molar-refractivity contribution is -0.140. The van der Waals surface area contributed by atoms with Gasteiger partial charge in [0.2, 0.25) is 0 Å². The van der Waals surface area contributed by atoms with Crippen molar-refractivity contribution in [2.75, 3.05) is 20.3 Å². The number of allylic oxidation sites excluding steroid dienone is 2. The molecule has 0 aliphatic heterocycles. The van der Waals surface area contributed by atoms with E-state index in [-0.39, 0.29) is 29.8 Å². The number of unbranched alkanes of at least 4 members (excludes halogenated alkanes) is 2. The smallest absolute Gasteiger partial charge is 0.407 e. The molecule has 0 radical (unpaired) electrons. The SMILES string of the molecule is CCCCNC(=O)OC[C@@H]1[C@@H](C/C=C\CCCC(=O)OC)[C@@H](Cl)C[C@H]1O. The van der Waals surface area contributed by atoms with Gasteiger partial charge in [-0.2, -0.15) is 0 Å². The zero-order valence-electron chi connectivity index (χ0n) is 15.8. The zero-order chi connectivity index (χ0) is 19.4. The number of methoxy groups -OCH3 is 1. The predicted octanol–water partition coefficient (Wildman–Crippen LogP) is 3.41. The highest BCUT2D eigenvalue weighted by Crippen LogP contribution is 2.38. The predicted molar refractivity (Wildman–Crippen MR) is 101 cm³/mol. The Balaban J connectivity index is 2.36. The van der Waals surface area contributed by atoms with Crippen LogP contribution in [-0.4, -0.2) is 48.9 Å². The molecule has 0 spiro atoms. The third-order valence-corrected chi connectivity index (χ3v) is 5.24. The maximum atomic E-state index is 11.7. The van der Waals surface area contributed by atoms with Gasteiger partial charge in [0.05, 0.1) is 19.8 Å². The number of aliphatic hydroxyl groups excluding tert-OH is 1. The highest BCUT2D eigenvalue weighted by molar-refractivity contribution is 6.21. The van der Waals surface area contributed by atoms with Crippen molar-refractivity contribution in [2.45, 2.75) is 63.4 Å². The summed E-state index contributed by atoms with van der Waals surface area (Å²) in [7, 11) is 1.39. The normalized spacial score (nSPS) is 25.4. The minimum atomic E-state index is -0.557. The maximum Gasteiger partial charge on any atom is 0.407 e. The van der Waals surface area contributed by atoms with Crippen LogP contribution >= 0.6 is 11.6 Å². The number of nitrogens with one attached hydrogen (secondary N) is 1. The Bertz CT molecular complexity index is 457. The van der Waals surface area contributed by atoms with E-state index in [1.165, 1.54) is 7.11 Å². The quantitative estimate of drug-likeness (QED) is 0.245. The van der Waals surface area contributed by atoms with Crippen molar-refractivity contribution in [3.8, 4) is 0 Å². The molecule has 0 saturated heterocycles. The van der Waals surface area contributed by atoms with Gasteiger partial charge >= 0.3 is 12.1 Å². The Kier molecular flexibility index (Phi) is 11.4. The van der Waals surface area contributed by atoms with Crippen molar-refractivity contribution >= 4 is 23.7 Å². The van der Waals surface area contributed by atoms with Crippen LogP contribution in [0.2, 0.25) is 0 Å². The fraction of sp³-hybridized carbons (Fsp3) is 0.789. The first-order valence-electron chi connectivity index (χ1n) is 9.44. The summed E-state index contributed by atoms with van der Waals surface area (Å²) in [5.41, 5.74) is 0. The first kappa shape index (κ1) is 22.8. The van der Waals surface area contributed by atoms with Crippen molar-refractivity contribution in [2.24, 2.45) is 11.8 Å². The van der Waals surface area contributed by atoms with E-state index >= 15 is 0 Å². The lowest BCUT2D eigenvalue weighted by Crippen LogP contribution is -2.31. The molecule has 1 aliphatic rings. The summed E-state index contributed by atoms with van der Waals surface area (Å²) >= 11 is 6.37. The standard InChI is InChI=1S/C19H32ClNO5/c1-3-4-11-21-19(24)26-13-15-14(16(20)12-17(15)22)9-7-5-6-8-10-18(23)25-2/h5,7,14-17,22H,3-4,6,8-13H2,1-2H3,(H,21,24)/b7-5-/t14-,15-,16+,17-/m1/s1. The molecule has 0 bridgehead atoms. The Morgan fingerprint density at radius 1 is 1.27 bits per heavy atom. The highest BCUT2D eigenvalue weighted by Gasteiger charge is 2.41. The molecule has 4 atom stereocenters. The van der Waals surface area contributed by atoms with Gasteiger partial charge < -0.3 is 19.9 Å². The van der Waals surface area contributed by atoms with Crippen LogP contribution in [-0.2, 0) is 14.3 Å². The van der Waals surface area contributed by atoms with Crippen LogP contribution in [0.15, 0.2) is 12.2 Å². The van der Waals surface area contributed by atoms with E-state index in [0.29, 0.717) is 19.4 Å². The summed E-state index contributed by atoms with van der Waals surface area (Å²) in [6, 6.07) is 0. The van der Waals surface area contributed by atoms with Crippen molar-refractivity contribution < 1.29 is 24.2 Å². The van der Waals surface area contributed by atoms with E-state index in [2.05, 4.69) is 17.0 Å². The van der Waals surface area contributed by atoms with E-state index in [9.17, 15) is 14.7 Å². The molecule has 1 saturated carbocycles. The largest absolute Gasteiger partial charge is 0.469 e. The summed E-state index contributed by atoms with van der Waals surface area (Å²) in [5.74, 6) is -0.298. The molecular weight excluding hydrogens is 358 g/mol. The molecule has 1 amide bonds. The Labute approximate surface area is 161 Å². The number of rotatable bonds is 11. The van der Waals surface area contributed by atoms with Crippen molar-refractivity contribution in [1.29, 1.82) is 0 Å². The number of esters is 1. The molecule has 6 nitrogen and oxygen atoms in total. The lowest BCUT2D eigenvalue weighted by Gasteiger charge is -2.22. The van der Waals surface area contributed by atoms with E-state index < -0.39 is 12.2 Å². The van der Waals surface area contributed by atoms with Gasteiger partial charge in [0, 0.05) is 24.3 Å². The molecule has 0 heterocycles. The van der Waals surface area contributed by atoms with Crippen LogP contribution in [0.4, 0.5) is 4.79 Å². The number of hydrogen-bond acceptors (Lipinski definition) is 5. The van der Waals surface area contributed by atoms with Crippen LogP contribution in [0.1, 0.15) is 51.9 Å². The molecule has 150 valence electrons. The first-order chi connectivity index (χ1) is 12.5. The molecule has 7 heteroatoms. The lowest BCUT2D eigenvalue weighted by atomic mass is 9.92. The molecule has 1 aliphatic carbocycles. The van der Waals surface area contributed by atoms with Crippen LogP contribution in [0, 0.1) is 11.8 Å². The number of alkyl halides is 1. The van der Waals surface area contributed by atoms with Gasteiger partial charge in [-0.1, -0.05) is 25.5 Å². The summed E-state index contributed by atoms with van der Waals surface area (Å²) < 4.78 is 9.86. The third kappa shape index (κ3) is 8.41. The fourth-order valence-corrected chi connectivity index (χ4v) is 3.59. The molecule has 1 fully saturated rings. The van der Waals surface area contributed by atoms with Gasteiger partial charge in [0.15, 0.2) is 0 Å². The van der Waals surface area contributed by atoms with Gasteiger partial charge in [0.1, 0.15) is 0 Å². The molecule has 0 aromatic heterocycles. The fourth-order valence-electron chi connectivity index (χ4n) is 3.12. The third-order valence-electron chi connectivity index (χ3n) is 4.74. The summed E-state index contributed by atoms with van der Waals surface area (Å²) in [6.07, 6.45) is 8.13. The van der Waals surface area contributed by atoms with Gasteiger partial charge in [-0.05, 0) is 38.0 Å². The van der Waals surface area contributed by atoms with E-state index in [0.717, 1.165) is 32.1 Å². The summed E-state index contributed by atoms with van der Waals surface area (Å²) in [6.45, 7) is 2.82. The van der Waals surface area contributed by atoms with Crippen molar-refractivity contribution in [3.63, 3.8) is 0 Å². The van der Waals surface area contributed by atoms with Crippen LogP contribution < -0.4 is 5.32 Å². The monoisotopic (exact) mass is 389 g/mol. The molecule has 0 aromatic carbocycles. The summed E-state index contributed by atoms with van der Waals surface area (Å²) in [4.78, 5) is 22.7. The van der Waals surface area contributed by atoms with Gasteiger partial charge in [-0.15, -0.1) is 11.6 Å². The van der Waals surface area contributed by atoms with Gasteiger partial charge in [0.25, 0.3) is 0 Å². The Morgan fingerprint density at radius 2 is 2.04 bits per heavy atom. The molecule has 0 unspecified atom stereocenters. The number of halogens is 1. The minimum Gasteiger partial charge on any atom is -0.469 e. The minimum absolute atomic E-state index is 0.0620. The second kappa shape index (κ2) is 13.0. The molecule has 26 heavy (non-hydrogen) atoms. The number of carbonyl (C=O) groups is 2. The number of alkyl carbamates (subject to hydrolysis) is 1. The van der Waals surface area contributed by atoms with Crippen LogP contribution in [0.25, 0.3) is 0 Å². The topological polar surface area (TPSA) is 84.9 Å². The van der Waals surface area contributed by atoms with Gasteiger partial charge in [-0.25, -0.2) is 4.79 Å². The first-order valence-corrected chi connectivity index (χ1v) is 9.87. The van der Waals surface area contributed by atoms with Crippen molar-refractivity contribution in [3.05, 3.63) is 12.2 Å². The zero-order valence-corrected chi connectivity index (χ0v) is 16.5.